The Morgan fingerprint density at radius 2 is 2.09 bits per heavy atom. The van der Waals surface area contributed by atoms with Gasteiger partial charge in [0.2, 0.25) is 5.95 Å². The molecule has 1 saturated heterocycles. The lowest BCUT2D eigenvalue weighted by Gasteiger charge is -2.31. The van der Waals surface area contributed by atoms with E-state index in [9.17, 15) is 0 Å². The van der Waals surface area contributed by atoms with Crippen LogP contribution in [0.5, 0.6) is 0 Å². The molecule has 2 aromatic rings. The standard InChI is InChI=1S/C16H19BrN4O/c1-12-4-5-18-16(20-12)19-11-13-2-3-14(17)10-15(13)21-6-8-22-9-7-21/h2-5,10H,6-9,11H2,1H3,(H,18,19,20). The normalized spacial score (nSPS) is 14.9. The highest BCUT2D eigenvalue weighted by molar-refractivity contribution is 9.10. The number of nitrogens with one attached hydrogen (secondary N) is 1. The van der Waals surface area contributed by atoms with Crippen LogP contribution < -0.4 is 10.2 Å². The van der Waals surface area contributed by atoms with E-state index in [0.717, 1.165) is 36.5 Å². The van der Waals surface area contributed by atoms with Crippen molar-refractivity contribution < 1.29 is 4.74 Å². The first-order valence-corrected chi connectivity index (χ1v) is 8.16. The first-order chi connectivity index (χ1) is 10.7. The fraction of sp³-hybridized carbons (Fsp3) is 0.375. The molecule has 0 amide bonds. The summed E-state index contributed by atoms with van der Waals surface area (Å²) in [5.74, 6) is 0.663. The lowest BCUT2D eigenvalue weighted by Crippen LogP contribution is -2.36. The number of rotatable bonds is 4. The highest BCUT2D eigenvalue weighted by Gasteiger charge is 2.15. The van der Waals surface area contributed by atoms with Crippen molar-refractivity contribution in [2.75, 3.05) is 36.5 Å². The maximum absolute atomic E-state index is 5.44. The Hall–Kier alpha value is -1.66. The number of halogens is 1. The number of hydrogen-bond donors (Lipinski definition) is 1. The van der Waals surface area contributed by atoms with E-state index in [1.807, 2.05) is 13.0 Å². The second-order valence-electron chi connectivity index (χ2n) is 5.25. The SMILES string of the molecule is Cc1ccnc(NCc2ccc(Br)cc2N2CCOCC2)n1. The molecule has 1 fully saturated rings. The van der Waals surface area contributed by atoms with E-state index in [-0.39, 0.29) is 0 Å². The predicted molar refractivity (Wildman–Crippen MR) is 91.3 cm³/mol. The van der Waals surface area contributed by atoms with Gasteiger partial charge < -0.3 is 15.0 Å². The van der Waals surface area contributed by atoms with Crippen molar-refractivity contribution >= 4 is 27.6 Å². The first-order valence-electron chi connectivity index (χ1n) is 7.37. The summed E-state index contributed by atoms with van der Waals surface area (Å²) in [6.07, 6.45) is 1.77. The first kappa shape index (κ1) is 15.2. The molecule has 1 aliphatic heterocycles. The van der Waals surface area contributed by atoms with Gasteiger partial charge in [-0.3, -0.25) is 0 Å². The number of benzene rings is 1. The molecule has 0 unspecified atom stereocenters. The molecule has 1 aromatic carbocycles. The summed E-state index contributed by atoms with van der Waals surface area (Å²) in [5.41, 5.74) is 3.43. The number of morpholine rings is 1. The second kappa shape index (κ2) is 7.07. The molecular formula is C16H19BrN4O. The van der Waals surface area contributed by atoms with Crippen LogP contribution in [-0.4, -0.2) is 36.3 Å². The van der Waals surface area contributed by atoms with Crippen LogP contribution in [0.1, 0.15) is 11.3 Å². The Bertz CT molecular complexity index is 644. The summed E-state index contributed by atoms with van der Waals surface area (Å²) in [4.78, 5) is 11.0. The number of nitrogens with zero attached hydrogens (tertiary/aromatic N) is 3. The number of anilines is 2. The zero-order chi connectivity index (χ0) is 15.4. The van der Waals surface area contributed by atoms with Crippen molar-refractivity contribution in [2.24, 2.45) is 0 Å². The van der Waals surface area contributed by atoms with Gasteiger partial charge in [-0.05, 0) is 30.7 Å². The van der Waals surface area contributed by atoms with Gasteiger partial charge in [-0.25, -0.2) is 9.97 Å². The van der Waals surface area contributed by atoms with Crippen molar-refractivity contribution in [3.63, 3.8) is 0 Å². The van der Waals surface area contributed by atoms with Crippen LogP contribution >= 0.6 is 15.9 Å². The van der Waals surface area contributed by atoms with Gasteiger partial charge in [0, 0.05) is 41.7 Å². The molecule has 0 saturated carbocycles. The molecule has 0 bridgehead atoms. The van der Waals surface area contributed by atoms with Gasteiger partial charge in [0.05, 0.1) is 13.2 Å². The van der Waals surface area contributed by atoms with E-state index in [4.69, 9.17) is 4.74 Å². The van der Waals surface area contributed by atoms with Crippen LogP contribution in [0.15, 0.2) is 34.9 Å². The number of aryl methyl sites for hydroxylation is 1. The van der Waals surface area contributed by atoms with Gasteiger partial charge in [0.15, 0.2) is 0 Å². The van der Waals surface area contributed by atoms with Gasteiger partial charge in [0.1, 0.15) is 0 Å². The topological polar surface area (TPSA) is 50.3 Å². The van der Waals surface area contributed by atoms with Crippen LogP contribution in [0.2, 0.25) is 0 Å². The molecule has 0 atom stereocenters. The Balaban J connectivity index is 1.77. The highest BCUT2D eigenvalue weighted by atomic mass is 79.9. The number of ether oxygens (including phenoxy) is 1. The van der Waals surface area contributed by atoms with Crippen LogP contribution in [-0.2, 0) is 11.3 Å². The molecule has 116 valence electrons. The molecule has 0 spiro atoms. The molecule has 1 aliphatic rings. The summed E-state index contributed by atoms with van der Waals surface area (Å²) >= 11 is 3.57. The van der Waals surface area contributed by atoms with E-state index < -0.39 is 0 Å². The Morgan fingerprint density at radius 1 is 1.27 bits per heavy atom. The fourth-order valence-corrected chi connectivity index (χ4v) is 2.84. The minimum Gasteiger partial charge on any atom is -0.378 e. The van der Waals surface area contributed by atoms with Gasteiger partial charge in [-0.15, -0.1) is 0 Å². The van der Waals surface area contributed by atoms with Crippen molar-refractivity contribution in [3.05, 3.63) is 46.2 Å². The molecular weight excluding hydrogens is 344 g/mol. The summed E-state index contributed by atoms with van der Waals surface area (Å²) in [5, 5.41) is 3.31. The molecule has 22 heavy (non-hydrogen) atoms. The van der Waals surface area contributed by atoms with Gasteiger partial charge in [-0.1, -0.05) is 22.0 Å². The zero-order valence-electron chi connectivity index (χ0n) is 12.6. The van der Waals surface area contributed by atoms with Gasteiger partial charge >= 0.3 is 0 Å². The zero-order valence-corrected chi connectivity index (χ0v) is 14.1. The third-order valence-electron chi connectivity index (χ3n) is 3.63. The summed E-state index contributed by atoms with van der Waals surface area (Å²) in [6, 6.07) is 8.26. The predicted octanol–water partition coefficient (Wildman–Crippen LogP) is 3.00. The Kier molecular flexibility index (Phi) is 4.90. The third kappa shape index (κ3) is 3.75. The number of hydrogen-bond acceptors (Lipinski definition) is 5. The van der Waals surface area contributed by atoms with Gasteiger partial charge in [0.25, 0.3) is 0 Å². The lowest BCUT2D eigenvalue weighted by atomic mass is 10.1. The Labute approximate surface area is 138 Å². The average molecular weight is 363 g/mol. The van der Waals surface area contributed by atoms with Crippen molar-refractivity contribution in [1.29, 1.82) is 0 Å². The monoisotopic (exact) mass is 362 g/mol. The van der Waals surface area contributed by atoms with Crippen LogP contribution in [0.4, 0.5) is 11.6 Å². The van der Waals surface area contributed by atoms with E-state index >= 15 is 0 Å². The Morgan fingerprint density at radius 3 is 2.86 bits per heavy atom. The van der Waals surface area contributed by atoms with Crippen LogP contribution in [0, 0.1) is 6.92 Å². The van der Waals surface area contributed by atoms with E-state index in [0.29, 0.717) is 12.5 Å². The van der Waals surface area contributed by atoms with Crippen LogP contribution in [0.25, 0.3) is 0 Å². The molecule has 2 heterocycles. The van der Waals surface area contributed by atoms with E-state index in [1.165, 1.54) is 11.3 Å². The van der Waals surface area contributed by atoms with Crippen molar-refractivity contribution in [3.8, 4) is 0 Å². The summed E-state index contributed by atoms with van der Waals surface area (Å²) < 4.78 is 6.53. The fourth-order valence-electron chi connectivity index (χ4n) is 2.49. The highest BCUT2D eigenvalue weighted by Crippen LogP contribution is 2.26. The van der Waals surface area contributed by atoms with Crippen molar-refractivity contribution in [2.45, 2.75) is 13.5 Å². The molecule has 0 aliphatic carbocycles. The second-order valence-corrected chi connectivity index (χ2v) is 6.16. The van der Waals surface area contributed by atoms with E-state index in [2.05, 4.69) is 54.3 Å². The smallest absolute Gasteiger partial charge is 0.223 e. The maximum atomic E-state index is 5.44. The van der Waals surface area contributed by atoms with E-state index in [1.54, 1.807) is 6.20 Å². The minimum absolute atomic E-state index is 0.663. The maximum Gasteiger partial charge on any atom is 0.223 e. The quantitative estimate of drug-likeness (QED) is 0.905. The van der Waals surface area contributed by atoms with Crippen LogP contribution in [0.3, 0.4) is 0 Å². The minimum atomic E-state index is 0.663. The molecule has 1 aromatic heterocycles. The summed E-state index contributed by atoms with van der Waals surface area (Å²) in [6.45, 7) is 6.06. The van der Waals surface area contributed by atoms with Crippen molar-refractivity contribution in [1.82, 2.24) is 9.97 Å². The summed E-state index contributed by atoms with van der Waals surface area (Å²) in [7, 11) is 0. The third-order valence-corrected chi connectivity index (χ3v) is 4.12. The average Bonchev–Trinajstić information content (AvgIpc) is 2.54. The molecule has 0 radical (unpaired) electrons. The molecule has 6 heteroatoms. The van der Waals surface area contributed by atoms with Gasteiger partial charge in [-0.2, -0.15) is 0 Å². The molecule has 3 rings (SSSR count). The number of aromatic nitrogens is 2. The largest absolute Gasteiger partial charge is 0.378 e. The molecule has 5 nitrogen and oxygen atoms in total. The molecule has 1 N–H and O–H groups in total. The lowest BCUT2D eigenvalue weighted by molar-refractivity contribution is 0.122.